The van der Waals surface area contributed by atoms with Gasteiger partial charge in [0.15, 0.2) is 0 Å². The molecule has 0 aromatic carbocycles. The largest absolute Gasteiger partial charge is 0.245 e. The molecule has 19 heavy (non-hydrogen) atoms. The highest BCUT2D eigenvalue weighted by Gasteiger charge is 2.23. The Bertz CT molecular complexity index is 185. The molecule has 0 atom stereocenters. The fourth-order valence-corrected chi connectivity index (χ4v) is 3.56. The van der Waals surface area contributed by atoms with Crippen LogP contribution in [0.4, 0.5) is 0 Å². The first-order chi connectivity index (χ1) is 8.97. The molecule has 2 aliphatic rings. The molecule has 0 nitrogen and oxygen atoms in total. The van der Waals surface area contributed by atoms with Gasteiger partial charge in [-0.3, -0.25) is 0 Å². The summed E-state index contributed by atoms with van der Waals surface area (Å²) in [5.74, 6) is 2.24. The van der Waals surface area contributed by atoms with E-state index in [0.717, 1.165) is 11.8 Å². The molecular weight excluding hydrogens is 291 g/mol. The highest BCUT2D eigenvalue weighted by atomic mass is 35.7. The van der Waals surface area contributed by atoms with Gasteiger partial charge in [0.25, 0.3) is 0 Å². The second-order valence-corrected chi connectivity index (χ2v) is 15.7. The lowest BCUT2D eigenvalue weighted by Crippen LogP contribution is -2.13. The van der Waals surface area contributed by atoms with E-state index < -0.39 is 6.69 Å². The molecule has 0 heterocycles. The fraction of sp³-hybridized carbons (Fsp3) is 1.00. The molecule has 0 bridgehead atoms. The van der Waals surface area contributed by atoms with Crippen LogP contribution in [0.5, 0.6) is 0 Å². The van der Waals surface area contributed by atoms with Crippen LogP contribution in [-0.2, 0) is 0 Å². The summed E-state index contributed by atoms with van der Waals surface area (Å²) >= 11 is 10.9. The van der Waals surface area contributed by atoms with E-state index in [0.29, 0.717) is 0 Å². The number of hydrogen-bond acceptors (Lipinski definition) is 0. The molecule has 0 aromatic heterocycles. The van der Waals surface area contributed by atoms with Crippen molar-refractivity contribution in [3.8, 4) is 0 Å². The van der Waals surface area contributed by atoms with Gasteiger partial charge in [0.1, 0.15) is 0 Å². The smallest absolute Gasteiger partial charge is 0.146 e. The van der Waals surface area contributed by atoms with Gasteiger partial charge in [-0.2, -0.15) is 0 Å². The standard InChI is InChI=1S/C14H26.C2H6Cl2Si/c1-2-6-10-13(9-5-1)14-11-7-3-4-8-12-14;1-5(2,3)4/h13-14H,1-12H2;1-2H3. The maximum absolute atomic E-state index is 5.43. The van der Waals surface area contributed by atoms with Gasteiger partial charge < -0.3 is 0 Å². The number of hydrogen-bond donors (Lipinski definition) is 0. The topological polar surface area (TPSA) is 0 Å². The Morgan fingerprint density at radius 3 is 1.00 bits per heavy atom. The molecule has 0 aromatic rings. The third-order valence-electron chi connectivity index (χ3n) is 4.47. The summed E-state index contributed by atoms with van der Waals surface area (Å²) in [6.07, 6.45) is 18.4. The SMILES string of the molecule is C1CCCC(C2CCCCCC2)CC1.C[Si](C)(Cl)Cl. The monoisotopic (exact) mass is 322 g/mol. The second kappa shape index (κ2) is 9.68. The molecule has 2 aliphatic carbocycles. The molecule has 2 fully saturated rings. The normalized spacial score (nSPS) is 24.0. The quantitative estimate of drug-likeness (QED) is 0.274. The van der Waals surface area contributed by atoms with Crippen molar-refractivity contribution >= 4 is 28.9 Å². The van der Waals surface area contributed by atoms with Crippen molar-refractivity contribution in [2.24, 2.45) is 11.8 Å². The Kier molecular flexibility index (Phi) is 9.09. The molecule has 0 spiro atoms. The zero-order valence-electron chi connectivity index (χ0n) is 12.9. The fourth-order valence-electron chi connectivity index (χ4n) is 3.56. The summed E-state index contributed by atoms with van der Waals surface area (Å²) in [4.78, 5) is 0. The molecule has 3 heteroatoms. The van der Waals surface area contributed by atoms with Crippen LogP contribution in [0.25, 0.3) is 0 Å². The maximum Gasteiger partial charge on any atom is 0.245 e. The van der Waals surface area contributed by atoms with Gasteiger partial charge in [-0.15, -0.1) is 22.2 Å². The molecule has 0 aliphatic heterocycles. The van der Waals surface area contributed by atoms with Crippen molar-refractivity contribution in [2.75, 3.05) is 0 Å². The minimum absolute atomic E-state index is 1.12. The second-order valence-electron chi connectivity index (χ2n) is 6.83. The van der Waals surface area contributed by atoms with Crippen LogP contribution in [0.2, 0.25) is 13.1 Å². The van der Waals surface area contributed by atoms with Crippen molar-refractivity contribution in [1.29, 1.82) is 0 Å². The number of rotatable bonds is 1. The van der Waals surface area contributed by atoms with Crippen LogP contribution in [-0.4, -0.2) is 6.69 Å². The summed E-state index contributed by atoms with van der Waals surface area (Å²) in [6.45, 7) is 2.05. The molecular formula is C16H32Cl2Si. The molecule has 2 rings (SSSR count). The lowest BCUT2D eigenvalue weighted by Gasteiger charge is -2.24. The predicted molar refractivity (Wildman–Crippen MR) is 91.6 cm³/mol. The minimum Gasteiger partial charge on any atom is -0.146 e. The summed E-state index contributed by atoms with van der Waals surface area (Å²) in [6, 6.07) is 0. The Labute approximate surface area is 131 Å². The van der Waals surface area contributed by atoms with Gasteiger partial charge >= 0.3 is 0 Å². The zero-order valence-corrected chi connectivity index (χ0v) is 15.4. The van der Waals surface area contributed by atoms with Gasteiger partial charge in [0.05, 0.1) is 0 Å². The predicted octanol–water partition coefficient (Wildman–Crippen LogP) is 7.09. The van der Waals surface area contributed by atoms with Crippen LogP contribution in [0.1, 0.15) is 77.0 Å². The van der Waals surface area contributed by atoms with Crippen LogP contribution >= 0.6 is 22.2 Å². The highest BCUT2D eigenvalue weighted by molar-refractivity contribution is 7.44. The van der Waals surface area contributed by atoms with E-state index in [1.54, 1.807) is 25.7 Å². The van der Waals surface area contributed by atoms with Gasteiger partial charge in [0, 0.05) is 0 Å². The van der Waals surface area contributed by atoms with Crippen molar-refractivity contribution < 1.29 is 0 Å². The van der Waals surface area contributed by atoms with Crippen LogP contribution < -0.4 is 0 Å². The average molecular weight is 323 g/mol. The maximum atomic E-state index is 5.43. The van der Waals surface area contributed by atoms with Gasteiger partial charge in [-0.1, -0.05) is 77.0 Å². The van der Waals surface area contributed by atoms with Gasteiger partial charge in [0.2, 0.25) is 6.69 Å². The molecule has 0 radical (unpaired) electrons. The van der Waals surface area contributed by atoms with Crippen molar-refractivity contribution in [2.45, 2.75) is 90.1 Å². The van der Waals surface area contributed by atoms with E-state index in [1.165, 1.54) is 51.4 Å². The van der Waals surface area contributed by atoms with Gasteiger partial charge in [-0.05, 0) is 24.9 Å². The lowest BCUT2D eigenvalue weighted by atomic mass is 9.81. The summed E-state index contributed by atoms with van der Waals surface area (Å²) < 4.78 is 0. The van der Waals surface area contributed by atoms with Crippen molar-refractivity contribution in [1.82, 2.24) is 0 Å². The van der Waals surface area contributed by atoms with Crippen molar-refractivity contribution in [3.63, 3.8) is 0 Å². The number of halogens is 2. The van der Waals surface area contributed by atoms with E-state index in [-0.39, 0.29) is 0 Å². The third-order valence-corrected chi connectivity index (χ3v) is 4.47. The molecule has 0 unspecified atom stereocenters. The van der Waals surface area contributed by atoms with Crippen LogP contribution in [0, 0.1) is 11.8 Å². The van der Waals surface area contributed by atoms with E-state index in [1.807, 2.05) is 13.1 Å². The van der Waals surface area contributed by atoms with E-state index in [4.69, 9.17) is 22.2 Å². The Balaban J connectivity index is 0.000000312. The minimum atomic E-state index is -1.67. The zero-order chi connectivity index (χ0) is 14.1. The van der Waals surface area contributed by atoms with E-state index in [9.17, 15) is 0 Å². The summed E-state index contributed by atoms with van der Waals surface area (Å²) in [7, 11) is 0. The van der Waals surface area contributed by atoms with E-state index >= 15 is 0 Å². The molecule has 2 saturated carbocycles. The third kappa shape index (κ3) is 10.2. The molecule has 0 saturated heterocycles. The van der Waals surface area contributed by atoms with Gasteiger partial charge in [-0.25, -0.2) is 0 Å². The molecule has 114 valence electrons. The Hall–Kier alpha value is 0.797. The summed E-state index contributed by atoms with van der Waals surface area (Å²) in [5.41, 5.74) is 0. The lowest BCUT2D eigenvalue weighted by molar-refractivity contribution is 0.269. The molecule has 0 amide bonds. The first-order valence-electron chi connectivity index (χ1n) is 8.34. The van der Waals surface area contributed by atoms with E-state index in [2.05, 4.69) is 0 Å². The summed E-state index contributed by atoms with van der Waals surface area (Å²) in [5, 5.41) is 0. The Morgan fingerprint density at radius 1 is 0.579 bits per heavy atom. The Morgan fingerprint density at radius 2 is 0.789 bits per heavy atom. The van der Waals surface area contributed by atoms with Crippen LogP contribution in [0.15, 0.2) is 0 Å². The van der Waals surface area contributed by atoms with Crippen molar-refractivity contribution in [3.05, 3.63) is 0 Å². The molecule has 0 N–H and O–H groups in total. The van der Waals surface area contributed by atoms with Crippen LogP contribution in [0.3, 0.4) is 0 Å². The first kappa shape index (κ1) is 17.8. The average Bonchev–Trinajstić information content (AvgIpc) is 2.71. The highest BCUT2D eigenvalue weighted by Crippen LogP contribution is 2.36. The first-order valence-corrected chi connectivity index (χ1v) is 13.4.